The minimum atomic E-state index is 0.201. The topological polar surface area (TPSA) is 9.23 Å². The second kappa shape index (κ2) is 3.57. The maximum absolute atomic E-state index is 5.44. The molecule has 13 heavy (non-hydrogen) atoms. The Hall–Kier alpha value is -0.720. The van der Waals surface area contributed by atoms with Gasteiger partial charge in [0.25, 0.3) is 0 Å². The maximum Gasteiger partial charge on any atom is 0.0998 e. The summed E-state index contributed by atoms with van der Waals surface area (Å²) >= 11 is 0. The van der Waals surface area contributed by atoms with Crippen molar-refractivity contribution in [2.75, 3.05) is 7.11 Å². The van der Waals surface area contributed by atoms with Crippen LogP contribution in [0.5, 0.6) is 0 Å². The maximum atomic E-state index is 5.44. The molecule has 1 heteroatoms. The molecule has 0 amide bonds. The lowest BCUT2D eigenvalue weighted by atomic mass is 9.78. The van der Waals surface area contributed by atoms with Crippen LogP contribution in [0.25, 0.3) is 0 Å². The molecule has 74 valence electrons. The van der Waals surface area contributed by atoms with Gasteiger partial charge in [-0.25, -0.2) is 0 Å². The summed E-state index contributed by atoms with van der Waals surface area (Å²) in [4.78, 5) is 0. The molecule has 1 nitrogen and oxygen atoms in total. The Morgan fingerprint density at radius 2 is 1.92 bits per heavy atom. The lowest BCUT2D eigenvalue weighted by molar-refractivity contribution is 0.260. The molecule has 0 fully saturated rings. The van der Waals surface area contributed by atoms with E-state index in [4.69, 9.17) is 4.74 Å². The Balaban J connectivity index is 3.11. The highest BCUT2D eigenvalue weighted by molar-refractivity contribution is 5.38. The minimum Gasteiger partial charge on any atom is -0.501 e. The third-order valence-electron chi connectivity index (χ3n) is 2.49. The van der Waals surface area contributed by atoms with Crippen LogP contribution in [0.15, 0.2) is 23.0 Å². The highest BCUT2D eigenvalue weighted by atomic mass is 16.5. The van der Waals surface area contributed by atoms with E-state index in [-0.39, 0.29) is 5.41 Å². The van der Waals surface area contributed by atoms with E-state index in [2.05, 4.69) is 33.8 Å². The van der Waals surface area contributed by atoms with Gasteiger partial charge >= 0.3 is 0 Å². The van der Waals surface area contributed by atoms with E-state index < -0.39 is 0 Å². The Bertz CT molecular complexity index is 251. The smallest absolute Gasteiger partial charge is 0.0998 e. The fourth-order valence-corrected chi connectivity index (χ4v) is 2.08. The van der Waals surface area contributed by atoms with Gasteiger partial charge in [0.2, 0.25) is 0 Å². The summed E-state index contributed by atoms with van der Waals surface area (Å²) in [5.74, 6) is 1.17. The molecule has 0 radical (unpaired) electrons. The van der Waals surface area contributed by atoms with E-state index in [0.717, 1.165) is 12.8 Å². The van der Waals surface area contributed by atoms with Crippen LogP contribution in [0.2, 0.25) is 0 Å². The fraction of sp³-hybridized carbons (Fsp3) is 0.667. The summed E-state index contributed by atoms with van der Waals surface area (Å²) in [5, 5.41) is 0. The van der Waals surface area contributed by atoms with Crippen molar-refractivity contribution in [2.24, 2.45) is 5.41 Å². The Morgan fingerprint density at radius 3 is 2.31 bits per heavy atom. The summed E-state index contributed by atoms with van der Waals surface area (Å²) in [6.07, 6.45) is 4.48. The van der Waals surface area contributed by atoms with Crippen molar-refractivity contribution < 1.29 is 4.74 Å². The predicted molar refractivity (Wildman–Crippen MR) is 56.5 cm³/mol. The van der Waals surface area contributed by atoms with Gasteiger partial charge in [0.15, 0.2) is 0 Å². The molecular weight excluding hydrogens is 160 g/mol. The quantitative estimate of drug-likeness (QED) is 0.598. The van der Waals surface area contributed by atoms with Crippen molar-refractivity contribution >= 4 is 0 Å². The lowest BCUT2D eigenvalue weighted by Gasteiger charge is -2.29. The van der Waals surface area contributed by atoms with E-state index in [0.29, 0.717) is 0 Å². The molecule has 0 aliphatic heterocycles. The first-order valence-corrected chi connectivity index (χ1v) is 4.91. The molecule has 0 N–H and O–H groups in total. The molecule has 0 spiro atoms. The standard InChI is InChI=1S/C12H20O/c1-9-7-6-8-10(13-5)11(9)12(2,3)4/h7H,6,8H2,1-5H3. The van der Waals surface area contributed by atoms with E-state index in [1.807, 2.05) is 0 Å². The normalized spacial score (nSPS) is 18.7. The van der Waals surface area contributed by atoms with Crippen molar-refractivity contribution in [3.05, 3.63) is 23.0 Å². The first kappa shape index (κ1) is 10.4. The highest BCUT2D eigenvalue weighted by Gasteiger charge is 2.25. The molecule has 0 atom stereocenters. The molecule has 1 rings (SSSR count). The van der Waals surface area contributed by atoms with Crippen molar-refractivity contribution in [1.82, 2.24) is 0 Å². The van der Waals surface area contributed by atoms with Crippen LogP contribution >= 0.6 is 0 Å². The average molecular weight is 180 g/mol. The van der Waals surface area contributed by atoms with Gasteiger partial charge in [0, 0.05) is 6.42 Å². The molecule has 1 aliphatic carbocycles. The van der Waals surface area contributed by atoms with Crippen LogP contribution in [0.4, 0.5) is 0 Å². The molecule has 0 saturated heterocycles. The van der Waals surface area contributed by atoms with Crippen molar-refractivity contribution in [2.45, 2.75) is 40.5 Å². The van der Waals surface area contributed by atoms with Gasteiger partial charge in [0.1, 0.15) is 0 Å². The zero-order valence-corrected chi connectivity index (χ0v) is 9.40. The first-order chi connectivity index (χ1) is 5.96. The van der Waals surface area contributed by atoms with E-state index in [1.54, 1.807) is 7.11 Å². The van der Waals surface area contributed by atoms with Crippen LogP contribution in [0, 0.1) is 5.41 Å². The van der Waals surface area contributed by atoms with Gasteiger partial charge in [0.05, 0.1) is 12.9 Å². The Morgan fingerprint density at radius 1 is 1.31 bits per heavy atom. The van der Waals surface area contributed by atoms with Gasteiger partial charge < -0.3 is 4.74 Å². The SMILES string of the molecule is COC1=C(C(C)(C)C)C(C)=CCC1. The fourth-order valence-electron chi connectivity index (χ4n) is 2.08. The summed E-state index contributed by atoms with van der Waals surface area (Å²) in [6.45, 7) is 8.90. The van der Waals surface area contributed by atoms with Crippen molar-refractivity contribution in [1.29, 1.82) is 0 Å². The van der Waals surface area contributed by atoms with Gasteiger partial charge in [-0.3, -0.25) is 0 Å². The second-order valence-corrected chi connectivity index (χ2v) is 4.68. The molecule has 0 aromatic carbocycles. The summed E-state index contributed by atoms with van der Waals surface area (Å²) in [7, 11) is 1.78. The number of hydrogen-bond acceptors (Lipinski definition) is 1. The van der Waals surface area contributed by atoms with E-state index in [1.165, 1.54) is 16.9 Å². The average Bonchev–Trinajstić information content (AvgIpc) is 2.01. The monoisotopic (exact) mass is 180 g/mol. The lowest BCUT2D eigenvalue weighted by Crippen LogP contribution is -2.16. The molecule has 0 bridgehead atoms. The summed E-state index contributed by atoms with van der Waals surface area (Å²) in [5.41, 5.74) is 2.98. The van der Waals surface area contributed by atoms with Gasteiger partial charge in [-0.1, -0.05) is 26.8 Å². The largest absolute Gasteiger partial charge is 0.501 e. The zero-order valence-electron chi connectivity index (χ0n) is 9.40. The summed E-state index contributed by atoms with van der Waals surface area (Å²) in [6, 6.07) is 0. The van der Waals surface area contributed by atoms with Crippen LogP contribution < -0.4 is 0 Å². The Kier molecular flexibility index (Phi) is 2.84. The number of hydrogen-bond donors (Lipinski definition) is 0. The molecule has 1 aliphatic rings. The number of allylic oxidation sites excluding steroid dienone is 4. The van der Waals surface area contributed by atoms with Gasteiger partial charge in [-0.2, -0.15) is 0 Å². The first-order valence-electron chi connectivity index (χ1n) is 4.91. The number of ether oxygens (including phenoxy) is 1. The summed E-state index contributed by atoms with van der Waals surface area (Å²) < 4.78 is 5.44. The van der Waals surface area contributed by atoms with Crippen molar-refractivity contribution in [3.8, 4) is 0 Å². The van der Waals surface area contributed by atoms with Crippen LogP contribution in [-0.4, -0.2) is 7.11 Å². The number of methoxy groups -OCH3 is 1. The predicted octanol–water partition coefficient (Wildman–Crippen LogP) is 3.67. The molecular formula is C12H20O. The Labute approximate surface area is 81.5 Å². The molecule has 0 heterocycles. The van der Waals surface area contributed by atoms with E-state index >= 15 is 0 Å². The van der Waals surface area contributed by atoms with Crippen molar-refractivity contribution in [3.63, 3.8) is 0 Å². The molecule has 0 saturated carbocycles. The van der Waals surface area contributed by atoms with Crippen LogP contribution in [-0.2, 0) is 4.74 Å². The van der Waals surface area contributed by atoms with Gasteiger partial charge in [-0.05, 0) is 29.9 Å². The van der Waals surface area contributed by atoms with Gasteiger partial charge in [-0.15, -0.1) is 0 Å². The molecule has 0 aromatic rings. The second-order valence-electron chi connectivity index (χ2n) is 4.68. The van der Waals surface area contributed by atoms with Crippen LogP contribution in [0.1, 0.15) is 40.5 Å². The van der Waals surface area contributed by atoms with Crippen LogP contribution in [0.3, 0.4) is 0 Å². The zero-order chi connectivity index (χ0) is 10.1. The molecule has 0 aromatic heterocycles. The number of rotatable bonds is 1. The third kappa shape index (κ3) is 2.15. The highest BCUT2D eigenvalue weighted by Crippen LogP contribution is 2.38. The van der Waals surface area contributed by atoms with E-state index in [9.17, 15) is 0 Å². The third-order valence-corrected chi connectivity index (χ3v) is 2.49. The minimum absolute atomic E-state index is 0.201. The molecule has 0 unspecified atom stereocenters.